The number of benzene rings is 2. The molecule has 1 amide bonds. The Hall–Kier alpha value is -2.49. The third-order valence-electron chi connectivity index (χ3n) is 4.16. The van der Waals surface area contributed by atoms with Gasteiger partial charge >= 0.3 is 0 Å². The largest absolute Gasteiger partial charge is 0.494 e. The number of unbranched alkanes of at least 4 members (excludes halogenated alkanes) is 4. The predicted molar refractivity (Wildman–Crippen MR) is 109 cm³/mol. The molecule has 0 heterocycles. The second-order valence-electron chi connectivity index (χ2n) is 6.55. The third-order valence-corrected chi connectivity index (χ3v) is 4.16. The lowest BCUT2D eigenvalue weighted by Crippen LogP contribution is -2.21. The molecule has 0 aromatic heterocycles. The first-order valence-electron chi connectivity index (χ1n) is 9.50. The Kier molecular flexibility index (Phi) is 8.53. The molecule has 0 spiro atoms. The SMILES string of the molecule is CCCCCCCOc1ccc(NCC(=O)Nc2ccc(C)cc2)cc1. The highest BCUT2D eigenvalue weighted by atomic mass is 16.5. The fourth-order valence-electron chi connectivity index (χ4n) is 2.59. The molecule has 0 aliphatic rings. The first kappa shape index (κ1) is 19.8. The van der Waals surface area contributed by atoms with Gasteiger partial charge in [0.2, 0.25) is 5.91 Å². The number of hydrogen-bond acceptors (Lipinski definition) is 3. The first-order valence-corrected chi connectivity index (χ1v) is 9.50. The minimum atomic E-state index is -0.0683. The number of rotatable bonds is 11. The Morgan fingerprint density at radius 3 is 2.23 bits per heavy atom. The number of nitrogens with one attached hydrogen (secondary N) is 2. The molecule has 0 unspecified atom stereocenters. The van der Waals surface area contributed by atoms with Gasteiger partial charge < -0.3 is 15.4 Å². The first-order chi connectivity index (χ1) is 12.7. The second kappa shape index (κ2) is 11.2. The molecule has 140 valence electrons. The Morgan fingerprint density at radius 2 is 1.54 bits per heavy atom. The van der Waals surface area contributed by atoms with Crippen LogP contribution in [0.15, 0.2) is 48.5 Å². The zero-order valence-corrected chi connectivity index (χ0v) is 15.9. The van der Waals surface area contributed by atoms with Crippen molar-refractivity contribution in [2.45, 2.75) is 46.0 Å². The fourth-order valence-corrected chi connectivity index (χ4v) is 2.59. The van der Waals surface area contributed by atoms with E-state index >= 15 is 0 Å². The van der Waals surface area contributed by atoms with Crippen LogP contribution in [0.2, 0.25) is 0 Å². The van der Waals surface area contributed by atoms with Gasteiger partial charge in [-0.15, -0.1) is 0 Å². The maximum absolute atomic E-state index is 12.0. The molecule has 0 fully saturated rings. The van der Waals surface area contributed by atoms with E-state index in [2.05, 4.69) is 17.6 Å². The highest BCUT2D eigenvalue weighted by Crippen LogP contribution is 2.16. The van der Waals surface area contributed by atoms with Crippen LogP contribution in [0.25, 0.3) is 0 Å². The zero-order valence-electron chi connectivity index (χ0n) is 15.9. The van der Waals surface area contributed by atoms with Crippen LogP contribution < -0.4 is 15.4 Å². The molecule has 0 saturated carbocycles. The standard InChI is InChI=1S/C22H30N2O2/c1-3-4-5-6-7-16-26-21-14-12-19(13-15-21)23-17-22(25)24-20-10-8-18(2)9-11-20/h8-15,23H,3-7,16-17H2,1-2H3,(H,24,25). The molecule has 0 saturated heterocycles. The van der Waals surface area contributed by atoms with Gasteiger partial charge in [0, 0.05) is 11.4 Å². The molecule has 2 N–H and O–H groups in total. The summed E-state index contributed by atoms with van der Waals surface area (Å²) in [6.45, 7) is 5.23. The van der Waals surface area contributed by atoms with Crippen molar-refractivity contribution in [2.75, 3.05) is 23.8 Å². The van der Waals surface area contributed by atoms with Crippen LogP contribution in [0.4, 0.5) is 11.4 Å². The Labute approximate surface area is 157 Å². The van der Waals surface area contributed by atoms with Crippen LogP contribution >= 0.6 is 0 Å². The van der Waals surface area contributed by atoms with Gasteiger partial charge in [0.25, 0.3) is 0 Å². The molecule has 4 heteroatoms. The van der Waals surface area contributed by atoms with E-state index in [-0.39, 0.29) is 12.5 Å². The molecule has 4 nitrogen and oxygen atoms in total. The highest BCUT2D eigenvalue weighted by Gasteiger charge is 2.02. The summed E-state index contributed by atoms with van der Waals surface area (Å²) in [5.74, 6) is 0.802. The van der Waals surface area contributed by atoms with Gasteiger partial charge in [0.05, 0.1) is 13.2 Å². The molecule has 0 aliphatic carbocycles. The molecule has 2 aromatic rings. The van der Waals surface area contributed by atoms with Crippen molar-refractivity contribution < 1.29 is 9.53 Å². The molecule has 26 heavy (non-hydrogen) atoms. The minimum absolute atomic E-state index is 0.0683. The summed E-state index contributed by atoms with van der Waals surface area (Å²) < 4.78 is 5.75. The summed E-state index contributed by atoms with van der Waals surface area (Å²) >= 11 is 0. The number of anilines is 2. The normalized spacial score (nSPS) is 10.4. The number of carbonyl (C=O) groups excluding carboxylic acids is 1. The van der Waals surface area contributed by atoms with Crippen LogP contribution in [-0.2, 0) is 4.79 Å². The highest BCUT2D eigenvalue weighted by molar-refractivity contribution is 5.93. The minimum Gasteiger partial charge on any atom is -0.494 e. The smallest absolute Gasteiger partial charge is 0.243 e. The topological polar surface area (TPSA) is 50.4 Å². The van der Waals surface area contributed by atoms with Crippen molar-refractivity contribution in [1.29, 1.82) is 0 Å². The van der Waals surface area contributed by atoms with Gasteiger partial charge in [-0.05, 0) is 49.7 Å². The maximum Gasteiger partial charge on any atom is 0.243 e. The number of ether oxygens (including phenoxy) is 1. The van der Waals surface area contributed by atoms with E-state index < -0.39 is 0 Å². The summed E-state index contributed by atoms with van der Waals surface area (Å²) in [4.78, 5) is 12.0. The lowest BCUT2D eigenvalue weighted by molar-refractivity contribution is -0.114. The zero-order chi connectivity index (χ0) is 18.6. The molecule has 0 bridgehead atoms. The van der Waals surface area contributed by atoms with Crippen LogP contribution in [0.5, 0.6) is 5.75 Å². The van der Waals surface area contributed by atoms with Crippen molar-refractivity contribution in [3.8, 4) is 5.75 Å². The predicted octanol–water partition coefficient (Wildman–Crippen LogP) is 5.39. The van der Waals surface area contributed by atoms with Crippen LogP contribution in [0, 0.1) is 6.92 Å². The van der Waals surface area contributed by atoms with Gasteiger partial charge in [-0.3, -0.25) is 4.79 Å². The van der Waals surface area contributed by atoms with Gasteiger partial charge in [-0.25, -0.2) is 0 Å². The van der Waals surface area contributed by atoms with Gasteiger partial charge in [-0.2, -0.15) is 0 Å². The number of hydrogen-bond donors (Lipinski definition) is 2. The molecule has 0 atom stereocenters. The summed E-state index contributed by atoms with van der Waals surface area (Å²) in [6, 6.07) is 15.5. The Morgan fingerprint density at radius 1 is 0.885 bits per heavy atom. The van der Waals surface area contributed by atoms with E-state index in [1.54, 1.807) is 0 Å². The van der Waals surface area contributed by atoms with Crippen molar-refractivity contribution in [3.63, 3.8) is 0 Å². The summed E-state index contributed by atoms with van der Waals surface area (Å²) in [5.41, 5.74) is 2.88. The second-order valence-corrected chi connectivity index (χ2v) is 6.55. The Bertz CT molecular complexity index is 651. The van der Waals surface area contributed by atoms with Crippen LogP contribution in [-0.4, -0.2) is 19.1 Å². The number of aryl methyl sites for hydroxylation is 1. The molecular weight excluding hydrogens is 324 g/mol. The van der Waals surface area contributed by atoms with E-state index in [4.69, 9.17) is 4.74 Å². The van der Waals surface area contributed by atoms with Crippen molar-refractivity contribution in [1.82, 2.24) is 0 Å². The number of amides is 1. The van der Waals surface area contributed by atoms with Gasteiger partial charge in [0.15, 0.2) is 0 Å². The summed E-state index contributed by atoms with van der Waals surface area (Å²) in [5, 5.41) is 6.00. The van der Waals surface area contributed by atoms with Crippen LogP contribution in [0.3, 0.4) is 0 Å². The van der Waals surface area contributed by atoms with Gasteiger partial charge in [0.1, 0.15) is 5.75 Å². The third kappa shape index (κ3) is 7.60. The molecular formula is C22H30N2O2. The van der Waals surface area contributed by atoms with E-state index in [0.29, 0.717) is 0 Å². The molecule has 2 rings (SSSR count). The average Bonchev–Trinajstić information content (AvgIpc) is 2.66. The van der Waals surface area contributed by atoms with Crippen molar-refractivity contribution >= 4 is 17.3 Å². The molecule has 2 aromatic carbocycles. The lowest BCUT2D eigenvalue weighted by atomic mass is 10.2. The van der Waals surface area contributed by atoms with E-state index in [9.17, 15) is 4.79 Å². The van der Waals surface area contributed by atoms with E-state index in [0.717, 1.165) is 30.2 Å². The van der Waals surface area contributed by atoms with E-state index in [1.807, 2.05) is 55.5 Å². The maximum atomic E-state index is 12.0. The Balaban J connectivity index is 1.66. The molecule has 0 aliphatic heterocycles. The number of carbonyl (C=O) groups is 1. The summed E-state index contributed by atoms with van der Waals surface area (Å²) in [7, 11) is 0. The van der Waals surface area contributed by atoms with Gasteiger partial charge in [-0.1, -0.05) is 50.3 Å². The quantitative estimate of drug-likeness (QED) is 0.532. The van der Waals surface area contributed by atoms with Crippen molar-refractivity contribution in [2.24, 2.45) is 0 Å². The van der Waals surface area contributed by atoms with Crippen LogP contribution in [0.1, 0.15) is 44.6 Å². The lowest BCUT2D eigenvalue weighted by Gasteiger charge is -2.10. The average molecular weight is 354 g/mol. The van der Waals surface area contributed by atoms with Crippen molar-refractivity contribution in [3.05, 3.63) is 54.1 Å². The monoisotopic (exact) mass is 354 g/mol. The van der Waals surface area contributed by atoms with E-state index in [1.165, 1.54) is 31.2 Å². The summed E-state index contributed by atoms with van der Waals surface area (Å²) in [6.07, 6.45) is 6.17. The molecule has 0 radical (unpaired) electrons. The fraction of sp³-hybridized carbons (Fsp3) is 0.409.